The third kappa shape index (κ3) is 2.45. The highest BCUT2D eigenvalue weighted by atomic mass is 16.5. The van der Waals surface area contributed by atoms with Crippen LogP contribution in [-0.2, 0) is 11.3 Å². The molecular formula is C14H15NO2. The molecule has 1 aromatic heterocycles. The SMILES string of the molecule is COCc1ccccc1-c1cnccc1OC. The Kier molecular flexibility index (Phi) is 3.73. The van der Waals surface area contributed by atoms with Crippen molar-refractivity contribution in [3.8, 4) is 16.9 Å². The summed E-state index contributed by atoms with van der Waals surface area (Å²) in [4.78, 5) is 4.15. The Morgan fingerprint density at radius 1 is 1.06 bits per heavy atom. The lowest BCUT2D eigenvalue weighted by Crippen LogP contribution is -1.94. The number of hydrogen-bond donors (Lipinski definition) is 0. The van der Waals surface area contributed by atoms with Crippen LogP contribution in [0, 0.1) is 0 Å². The van der Waals surface area contributed by atoms with Crippen molar-refractivity contribution in [1.29, 1.82) is 0 Å². The molecule has 1 aromatic carbocycles. The summed E-state index contributed by atoms with van der Waals surface area (Å²) in [6.45, 7) is 0.578. The normalized spacial score (nSPS) is 10.2. The summed E-state index contributed by atoms with van der Waals surface area (Å²) in [7, 11) is 3.36. The Labute approximate surface area is 101 Å². The maximum atomic E-state index is 5.35. The van der Waals surface area contributed by atoms with Crippen LogP contribution in [0.2, 0.25) is 0 Å². The van der Waals surface area contributed by atoms with Gasteiger partial charge in [0.1, 0.15) is 5.75 Å². The average Bonchev–Trinajstić information content (AvgIpc) is 2.40. The largest absolute Gasteiger partial charge is 0.496 e. The van der Waals surface area contributed by atoms with Gasteiger partial charge in [-0.3, -0.25) is 4.98 Å². The molecular weight excluding hydrogens is 214 g/mol. The maximum Gasteiger partial charge on any atom is 0.129 e. The topological polar surface area (TPSA) is 31.4 Å². The van der Waals surface area contributed by atoms with Gasteiger partial charge in [0, 0.05) is 25.1 Å². The molecule has 0 saturated carbocycles. The average molecular weight is 229 g/mol. The quantitative estimate of drug-likeness (QED) is 0.807. The second kappa shape index (κ2) is 5.46. The van der Waals surface area contributed by atoms with E-state index in [2.05, 4.69) is 4.98 Å². The minimum Gasteiger partial charge on any atom is -0.496 e. The standard InChI is InChI=1S/C14H15NO2/c1-16-10-11-5-3-4-6-12(11)13-9-15-8-7-14(13)17-2/h3-9H,10H2,1-2H3. The van der Waals surface area contributed by atoms with Crippen molar-refractivity contribution < 1.29 is 9.47 Å². The molecule has 0 atom stereocenters. The van der Waals surface area contributed by atoms with Crippen molar-refractivity contribution in [2.75, 3.05) is 14.2 Å². The summed E-state index contributed by atoms with van der Waals surface area (Å²) >= 11 is 0. The summed E-state index contributed by atoms with van der Waals surface area (Å²) in [5.74, 6) is 0.823. The van der Waals surface area contributed by atoms with E-state index in [0.29, 0.717) is 6.61 Å². The van der Waals surface area contributed by atoms with Gasteiger partial charge in [0.25, 0.3) is 0 Å². The van der Waals surface area contributed by atoms with E-state index in [0.717, 1.165) is 22.4 Å². The molecule has 2 aromatic rings. The van der Waals surface area contributed by atoms with Gasteiger partial charge in [-0.15, -0.1) is 0 Å². The fourth-order valence-electron chi connectivity index (χ4n) is 1.83. The third-order valence-corrected chi connectivity index (χ3v) is 2.61. The van der Waals surface area contributed by atoms with Gasteiger partial charge in [-0.25, -0.2) is 0 Å². The molecule has 0 bridgehead atoms. The summed E-state index contributed by atoms with van der Waals surface area (Å²) in [6, 6.07) is 9.96. The lowest BCUT2D eigenvalue weighted by molar-refractivity contribution is 0.185. The number of methoxy groups -OCH3 is 2. The fourth-order valence-corrected chi connectivity index (χ4v) is 1.83. The van der Waals surface area contributed by atoms with Crippen molar-refractivity contribution >= 4 is 0 Å². The summed E-state index contributed by atoms with van der Waals surface area (Å²) in [5.41, 5.74) is 3.21. The maximum absolute atomic E-state index is 5.35. The minimum absolute atomic E-state index is 0.578. The molecule has 17 heavy (non-hydrogen) atoms. The zero-order valence-corrected chi connectivity index (χ0v) is 10.0. The molecule has 0 N–H and O–H groups in total. The van der Waals surface area contributed by atoms with Crippen LogP contribution >= 0.6 is 0 Å². The van der Waals surface area contributed by atoms with Crippen molar-refractivity contribution in [3.63, 3.8) is 0 Å². The summed E-state index contributed by atoms with van der Waals surface area (Å²) in [5, 5.41) is 0. The molecule has 1 heterocycles. The Bertz CT molecular complexity index is 497. The smallest absolute Gasteiger partial charge is 0.129 e. The zero-order chi connectivity index (χ0) is 12.1. The van der Waals surface area contributed by atoms with Crippen molar-refractivity contribution in [1.82, 2.24) is 4.98 Å². The lowest BCUT2D eigenvalue weighted by Gasteiger charge is -2.11. The molecule has 0 radical (unpaired) electrons. The molecule has 0 spiro atoms. The van der Waals surface area contributed by atoms with E-state index < -0.39 is 0 Å². The van der Waals surface area contributed by atoms with Gasteiger partial charge in [0.2, 0.25) is 0 Å². The second-order valence-corrected chi connectivity index (χ2v) is 3.67. The van der Waals surface area contributed by atoms with Gasteiger partial charge < -0.3 is 9.47 Å². The van der Waals surface area contributed by atoms with Crippen LogP contribution in [0.3, 0.4) is 0 Å². The molecule has 0 aliphatic carbocycles. The van der Waals surface area contributed by atoms with Gasteiger partial charge in [-0.1, -0.05) is 24.3 Å². The van der Waals surface area contributed by atoms with Crippen LogP contribution in [0.25, 0.3) is 11.1 Å². The van der Waals surface area contributed by atoms with E-state index in [4.69, 9.17) is 9.47 Å². The third-order valence-electron chi connectivity index (χ3n) is 2.61. The number of rotatable bonds is 4. The molecule has 0 amide bonds. The van der Waals surface area contributed by atoms with Crippen LogP contribution in [0.1, 0.15) is 5.56 Å². The molecule has 88 valence electrons. The van der Waals surface area contributed by atoms with Crippen molar-refractivity contribution in [2.45, 2.75) is 6.61 Å². The van der Waals surface area contributed by atoms with Gasteiger partial charge in [0.05, 0.1) is 13.7 Å². The van der Waals surface area contributed by atoms with Gasteiger partial charge in [0.15, 0.2) is 0 Å². The van der Waals surface area contributed by atoms with E-state index in [9.17, 15) is 0 Å². The number of benzene rings is 1. The summed E-state index contributed by atoms with van der Waals surface area (Å²) in [6.07, 6.45) is 3.54. The number of pyridine rings is 1. The molecule has 0 aliphatic heterocycles. The van der Waals surface area contributed by atoms with Crippen LogP contribution in [0.5, 0.6) is 5.75 Å². The molecule has 0 aliphatic rings. The predicted molar refractivity (Wildman–Crippen MR) is 66.9 cm³/mol. The fraction of sp³-hybridized carbons (Fsp3) is 0.214. The first-order valence-electron chi connectivity index (χ1n) is 5.42. The van der Waals surface area contributed by atoms with Crippen LogP contribution < -0.4 is 4.74 Å². The van der Waals surface area contributed by atoms with Crippen LogP contribution in [0.4, 0.5) is 0 Å². The first-order chi connectivity index (χ1) is 8.36. The first kappa shape index (κ1) is 11.6. The molecule has 3 nitrogen and oxygen atoms in total. The first-order valence-corrected chi connectivity index (χ1v) is 5.42. The molecule has 0 unspecified atom stereocenters. The number of aromatic nitrogens is 1. The van der Waals surface area contributed by atoms with Gasteiger partial charge in [-0.2, -0.15) is 0 Å². The Hall–Kier alpha value is -1.87. The molecule has 2 rings (SSSR count). The Morgan fingerprint density at radius 2 is 1.88 bits per heavy atom. The number of ether oxygens (including phenoxy) is 2. The molecule has 0 saturated heterocycles. The second-order valence-electron chi connectivity index (χ2n) is 3.67. The highest BCUT2D eigenvalue weighted by Crippen LogP contribution is 2.31. The van der Waals surface area contributed by atoms with Crippen LogP contribution in [-0.4, -0.2) is 19.2 Å². The Morgan fingerprint density at radius 3 is 2.65 bits per heavy atom. The van der Waals surface area contributed by atoms with Gasteiger partial charge in [-0.05, 0) is 17.2 Å². The number of hydrogen-bond acceptors (Lipinski definition) is 3. The highest BCUT2D eigenvalue weighted by molar-refractivity contribution is 5.72. The van der Waals surface area contributed by atoms with Crippen molar-refractivity contribution in [2.24, 2.45) is 0 Å². The van der Waals surface area contributed by atoms with E-state index in [1.807, 2.05) is 36.5 Å². The monoisotopic (exact) mass is 229 g/mol. The van der Waals surface area contributed by atoms with E-state index in [1.165, 1.54) is 0 Å². The zero-order valence-electron chi connectivity index (χ0n) is 10.0. The Balaban J connectivity index is 2.52. The minimum atomic E-state index is 0.578. The molecule has 0 fully saturated rings. The van der Waals surface area contributed by atoms with Crippen molar-refractivity contribution in [3.05, 3.63) is 48.3 Å². The lowest BCUT2D eigenvalue weighted by atomic mass is 10.0. The molecule has 3 heteroatoms. The van der Waals surface area contributed by atoms with Crippen LogP contribution in [0.15, 0.2) is 42.7 Å². The number of nitrogens with zero attached hydrogens (tertiary/aromatic N) is 1. The predicted octanol–water partition coefficient (Wildman–Crippen LogP) is 2.90. The highest BCUT2D eigenvalue weighted by Gasteiger charge is 2.09. The van der Waals surface area contributed by atoms with Gasteiger partial charge >= 0.3 is 0 Å². The van der Waals surface area contributed by atoms with E-state index in [-0.39, 0.29) is 0 Å². The summed E-state index contributed by atoms with van der Waals surface area (Å²) < 4.78 is 10.6. The van der Waals surface area contributed by atoms with E-state index >= 15 is 0 Å². The van der Waals surface area contributed by atoms with E-state index in [1.54, 1.807) is 20.4 Å².